The van der Waals surface area contributed by atoms with Gasteiger partial charge in [-0.15, -0.1) is 0 Å². The fraction of sp³-hybridized carbons (Fsp3) is 1.00. The van der Waals surface area contributed by atoms with Gasteiger partial charge in [-0.1, -0.05) is 33.6 Å². The summed E-state index contributed by atoms with van der Waals surface area (Å²) in [5.74, 6) is 2.12. The van der Waals surface area contributed by atoms with Crippen LogP contribution < -0.4 is 5.32 Å². The highest BCUT2D eigenvalue weighted by atomic mass is 32.2. The van der Waals surface area contributed by atoms with Crippen LogP contribution in [0.4, 0.5) is 0 Å². The van der Waals surface area contributed by atoms with E-state index < -0.39 is 0 Å². The summed E-state index contributed by atoms with van der Waals surface area (Å²) in [7, 11) is 0. The molecular formula is C11H25NS. The second-order valence-corrected chi connectivity index (χ2v) is 4.50. The zero-order chi connectivity index (χ0) is 10.1. The summed E-state index contributed by atoms with van der Waals surface area (Å²) >= 11 is 1.96. The maximum Gasteiger partial charge on any atom is 0.0186 e. The molecule has 13 heavy (non-hydrogen) atoms. The third-order valence-electron chi connectivity index (χ3n) is 2.62. The average molecular weight is 203 g/mol. The average Bonchev–Trinajstić information content (AvgIpc) is 2.16. The van der Waals surface area contributed by atoms with E-state index in [1.165, 1.54) is 31.6 Å². The lowest BCUT2D eigenvalue weighted by Gasteiger charge is -2.25. The molecule has 0 aliphatic rings. The summed E-state index contributed by atoms with van der Waals surface area (Å²) in [6.45, 7) is 8.00. The van der Waals surface area contributed by atoms with Crippen molar-refractivity contribution in [3.63, 3.8) is 0 Å². The predicted molar refractivity (Wildman–Crippen MR) is 64.5 cm³/mol. The van der Waals surface area contributed by atoms with Crippen LogP contribution in [0.2, 0.25) is 0 Å². The first-order chi connectivity index (χ1) is 6.29. The number of thioether (sulfide) groups is 1. The van der Waals surface area contributed by atoms with Crippen LogP contribution in [-0.4, -0.2) is 24.6 Å². The van der Waals surface area contributed by atoms with Gasteiger partial charge in [0.05, 0.1) is 0 Å². The van der Waals surface area contributed by atoms with Gasteiger partial charge in [-0.05, 0) is 25.1 Å². The molecule has 0 fully saturated rings. The monoisotopic (exact) mass is 203 g/mol. The minimum Gasteiger partial charge on any atom is -0.313 e. The van der Waals surface area contributed by atoms with Gasteiger partial charge in [0.25, 0.3) is 0 Å². The molecule has 1 atom stereocenters. The quantitative estimate of drug-likeness (QED) is 0.650. The maximum atomic E-state index is 3.65. The Morgan fingerprint density at radius 2 is 1.77 bits per heavy atom. The van der Waals surface area contributed by atoms with Gasteiger partial charge >= 0.3 is 0 Å². The van der Waals surface area contributed by atoms with Crippen LogP contribution in [-0.2, 0) is 0 Å². The van der Waals surface area contributed by atoms with E-state index in [1.807, 2.05) is 11.8 Å². The van der Waals surface area contributed by atoms with Crippen molar-refractivity contribution in [1.82, 2.24) is 5.32 Å². The number of hydrogen-bond donors (Lipinski definition) is 1. The molecule has 0 aromatic heterocycles. The molecule has 1 unspecified atom stereocenters. The van der Waals surface area contributed by atoms with Crippen molar-refractivity contribution < 1.29 is 0 Å². The van der Waals surface area contributed by atoms with E-state index in [9.17, 15) is 0 Å². The Hall–Kier alpha value is 0.310. The Labute approximate surface area is 88.1 Å². The summed E-state index contributed by atoms with van der Waals surface area (Å²) in [4.78, 5) is 0. The van der Waals surface area contributed by atoms with Gasteiger partial charge in [-0.25, -0.2) is 0 Å². The number of rotatable bonds is 8. The molecule has 0 spiro atoms. The second-order valence-electron chi connectivity index (χ2n) is 3.59. The molecule has 1 N–H and O–H groups in total. The van der Waals surface area contributed by atoms with Gasteiger partial charge < -0.3 is 5.32 Å². The molecule has 0 aromatic rings. The molecule has 0 saturated carbocycles. The minimum atomic E-state index is 0.727. The molecular weight excluding hydrogens is 178 g/mol. The molecule has 80 valence electrons. The highest BCUT2D eigenvalue weighted by Gasteiger charge is 2.16. The van der Waals surface area contributed by atoms with E-state index in [0.29, 0.717) is 0 Å². The van der Waals surface area contributed by atoms with Gasteiger partial charge in [0, 0.05) is 11.8 Å². The van der Waals surface area contributed by atoms with Gasteiger partial charge in [0.2, 0.25) is 0 Å². The summed E-state index contributed by atoms with van der Waals surface area (Å²) < 4.78 is 0. The topological polar surface area (TPSA) is 12.0 Å². The fourth-order valence-corrected chi connectivity index (χ4v) is 2.48. The molecule has 0 saturated heterocycles. The van der Waals surface area contributed by atoms with Crippen LogP contribution in [0.1, 0.15) is 40.0 Å². The first-order valence-corrected chi connectivity index (χ1v) is 6.91. The third kappa shape index (κ3) is 5.58. The Kier molecular flexibility index (Phi) is 9.10. The Balaban J connectivity index is 3.88. The van der Waals surface area contributed by atoms with E-state index in [-0.39, 0.29) is 0 Å². The summed E-state index contributed by atoms with van der Waals surface area (Å²) in [5, 5.41) is 3.65. The Morgan fingerprint density at radius 1 is 1.15 bits per heavy atom. The van der Waals surface area contributed by atoms with E-state index in [2.05, 4.69) is 32.3 Å². The Bertz CT molecular complexity index is 102. The number of nitrogens with one attached hydrogen (secondary N) is 1. The van der Waals surface area contributed by atoms with E-state index in [1.54, 1.807) is 0 Å². The molecule has 0 bridgehead atoms. The van der Waals surface area contributed by atoms with Crippen molar-refractivity contribution in [2.24, 2.45) is 5.92 Å². The lowest BCUT2D eigenvalue weighted by Crippen LogP contribution is -2.38. The molecule has 1 nitrogen and oxygen atoms in total. The highest BCUT2D eigenvalue weighted by Crippen LogP contribution is 2.16. The predicted octanol–water partition coefficient (Wildman–Crippen LogP) is 3.15. The van der Waals surface area contributed by atoms with Crippen molar-refractivity contribution in [1.29, 1.82) is 0 Å². The van der Waals surface area contributed by atoms with Crippen molar-refractivity contribution in [3.8, 4) is 0 Å². The van der Waals surface area contributed by atoms with Gasteiger partial charge in [-0.3, -0.25) is 0 Å². The van der Waals surface area contributed by atoms with E-state index in [4.69, 9.17) is 0 Å². The normalized spacial score (nSPS) is 13.6. The van der Waals surface area contributed by atoms with Gasteiger partial charge in [-0.2, -0.15) is 11.8 Å². The van der Waals surface area contributed by atoms with Crippen LogP contribution in [0.3, 0.4) is 0 Å². The molecule has 0 heterocycles. The van der Waals surface area contributed by atoms with Crippen molar-refractivity contribution in [2.45, 2.75) is 46.1 Å². The first kappa shape index (κ1) is 13.3. The number of hydrogen-bond acceptors (Lipinski definition) is 2. The lowest BCUT2D eigenvalue weighted by molar-refractivity contribution is 0.360. The van der Waals surface area contributed by atoms with Gasteiger partial charge in [0.15, 0.2) is 0 Å². The molecule has 0 amide bonds. The maximum absolute atomic E-state index is 3.65. The van der Waals surface area contributed by atoms with Crippen LogP contribution in [0.15, 0.2) is 0 Å². The smallest absolute Gasteiger partial charge is 0.0186 e. The van der Waals surface area contributed by atoms with E-state index >= 15 is 0 Å². The largest absolute Gasteiger partial charge is 0.313 e. The van der Waals surface area contributed by atoms with Crippen LogP contribution >= 0.6 is 11.8 Å². The SMILES string of the molecule is CCCNC(CSC)C(CC)CC. The lowest BCUT2D eigenvalue weighted by atomic mass is 9.95. The van der Waals surface area contributed by atoms with Crippen LogP contribution in [0.5, 0.6) is 0 Å². The minimum absolute atomic E-state index is 0.727. The molecule has 0 aliphatic carbocycles. The molecule has 0 aromatic carbocycles. The fourth-order valence-electron chi connectivity index (χ4n) is 1.73. The van der Waals surface area contributed by atoms with Gasteiger partial charge in [0.1, 0.15) is 0 Å². The second kappa shape index (κ2) is 8.89. The highest BCUT2D eigenvalue weighted by molar-refractivity contribution is 7.98. The summed E-state index contributed by atoms with van der Waals surface area (Å²) in [5.41, 5.74) is 0. The van der Waals surface area contributed by atoms with Crippen molar-refractivity contribution in [2.75, 3.05) is 18.6 Å². The molecule has 0 radical (unpaired) electrons. The van der Waals surface area contributed by atoms with Crippen molar-refractivity contribution >= 4 is 11.8 Å². The van der Waals surface area contributed by atoms with Crippen LogP contribution in [0, 0.1) is 5.92 Å². The molecule has 0 aliphatic heterocycles. The Morgan fingerprint density at radius 3 is 2.15 bits per heavy atom. The zero-order valence-corrected chi connectivity index (χ0v) is 10.4. The van der Waals surface area contributed by atoms with E-state index in [0.717, 1.165) is 12.0 Å². The summed E-state index contributed by atoms with van der Waals surface area (Å²) in [6.07, 6.45) is 6.05. The van der Waals surface area contributed by atoms with Crippen LogP contribution in [0.25, 0.3) is 0 Å². The summed E-state index contributed by atoms with van der Waals surface area (Å²) in [6, 6.07) is 0.727. The third-order valence-corrected chi connectivity index (χ3v) is 3.31. The van der Waals surface area contributed by atoms with Crippen molar-refractivity contribution in [3.05, 3.63) is 0 Å². The molecule has 2 heteroatoms. The zero-order valence-electron chi connectivity index (χ0n) is 9.60. The molecule has 0 rings (SSSR count). The first-order valence-electron chi connectivity index (χ1n) is 5.52. The standard InChI is InChI=1S/C11H25NS/c1-5-8-12-11(9-13-4)10(6-2)7-3/h10-12H,5-9H2,1-4H3.